The topological polar surface area (TPSA) is 23.8 Å². The van der Waals surface area contributed by atoms with Crippen molar-refractivity contribution in [2.24, 2.45) is 0 Å². The number of hydrogen-bond acceptors (Lipinski definition) is 3. The number of hydrogen-bond donors (Lipinski definition) is 1. The van der Waals surface area contributed by atoms with E-state index in [9.17, 15) is 0 Å². The molecule has 0 aliphatic heterocycles. The number of thiophene rings is 1. The Balaban J connectivity index is 2.69. The molecule has 1 heterocycles. The van der Waals surface area contributed by atoms with E-state index in [1.54, 1.807) is 11.3 Å². The molecule has 14 heavy (non-hydrogen) atoms. The maximum atomic E-state index is 8.67. The third kappa shape index (κ3) is 1.52. The fraction of sp³-hybridized carbons (Fsp3) is 0.182. The van der Waals surface area contributed by atoms with E-state index in [1.807, 2.05) is 12.3 Å². The van der Waals surface area contributed by atoms with Gasteiger partial charge in [-0.3, -0.25) is 0 Å². The van der Waals surface area contributed by atoms with E-state index in [1.165, 1.54) is 10.3 Å². The molecular weight excluding hydrogens is 210 g/mol. The quantitative estimate of drug-likeness (QED) is 0.728. The van der Waals surface area contributed by atoms with Gasteiger partial charge >= 0.3 is 0 Å². The molecule has 0 atom stereocenters. The molecule has 70 valence electrons. The summed E-state index contributed by atoms with van der Waals surface area (Å²) in [5, 5.41) is 11.9. The normalized spacial score (nSPS) is 10.4. The highest BCUT2D eigenvalue weighted by Crippen LogP contribution is 2.31. The highest BCUT2D eigenvalue weighted by Gasteiger charge is 2.05. The van der Waals surface area contributed by atoms with E-state index in [0.717, 1.165) is 15.8 Å². The molecule has 0 N–H and O–H groups in total. The zero-order valence-electron chi connectivity index (χ0n) is 7.74. The van der Waals surface area contributed by atoms with Crippen LogP contribution in [0.15, 0.2) is 22.4 Å². The summed E-state index contributed by atoms with van der Waals surface area (Å²) in [7, 11) is 0. The van der Waals surface area contributed by atoms with Gasteiger partial charge in [0.15, 0.2) is 0 Å². The average Bonchev–Trinajstić information content (AvgIpc) is 2.49. The molecule has 1 aromatic carbocycles. The first-order valence-electron chi connectivity index (χ1n) is 4.29. The summed E-state index contributed by atoms with van der Waals surface area (Å²) < 4.78 is 1.24. The summed E-state index contributed by atoms with van der Waals surface area (Å²) >= 11 is 6.07. The lowest BCUT2D eigenvalue weighted by molar-refractivity contribution is 1.22. The molecule has 0 unspecified atom stereocenters. The Bertz CT molecular complexity index is 520. The Hall–Kier alpha value is -0.980. The number of thiol groups is 1. The first-order valence-corrected chi connectivity index (χ1v) is 5.61. The van der Waals surface area contributed by atoms with Gasteiger partial charge in [0.1, 0.15) is 0 Å². The minimum atomic E-state index is 0.477. The van der Waals surface area contributed by atoms with Crippen LogP contribution in [0.25, 0.3) is 10.1 Å². The van der Waals surface area contributed by atoms with Gasteiger partial charge in [-0.1, -0.05) is 0 Å². The molecule has 0 saturated carbocycles. The Morgan fingerprint density at radius 2 is 2.29 bits per heavy atom. The van der Waals surface area contributed by atoms with Crippen molar-refractivity contribution in [3.8, 4) is 6.07 Å². The molecular formula is C11H9NS2. The molecule has 3 heteroatoms. The lowest BCUT2D eigenvalue weighted by atomic mass is 10.0. The van der Waals surface area contributed by atoms with Crippen LogP contribution in [0.5, 0.6) is 0 Å². The van der Waals surface area contributed by atoms with Crippen LogP contribution in [0.4, 0.5) is 0 Å². The van der Waals surface area contributed by atoms with Gasteiger partial charge in [-0.25, -0.2) is 0 Å². The van der Waals surface area contributed by atoms with Gasteiger partial charge in [-0.05, 0) is 30.2 Å². The van der Waals surface area contributed by atoms with Crippen LogP contribution in [-0.4, -0.2) is 0 Å². The van der Waals surface area contributed by atoms with Gasteiger partial charge in [-0.2, -0.15) is 5.26 Å². The third-order valence-electron chi connectivity index (χ3n) is 2.28. The van der Waals surface area contributed by atoms with Gasteiger partial charge in [-0.15, -0.1) is 24.0 Å². The Labute approximate surface area is 92.4 Å². The highest BCUT2D eigenvalue weighted by molar-refractivity contribution is 7.80. The fourth-order valence-electron chi connectivity index (χ4n) is 1.48. The first-order chi connectivity index (χ1) is 6.72. The van der Waals surface area contributed by atoms with Gasteiger partial charge in [0, 0.05) is 20.4 Å². The van der Waals surface area contributed by atoms with E-state index in [0.29, 0.717) is 6.42 Å². The van der Waals surface area contributed by atoms with Crippen molar-refractivity contribution < 1.29 is 0 Å². The predicted octanol–water partition coefficient (Wildman–Crippen LogP) is 3.56. The Morgan fingerprint density at radius 1 is 1.50 bits per heavy atom. The smallest absolute Gasteiger partial charge is 0.0669 e. The third-order valence-corrected chi connectivity index (χ3v) is 3.77. The summed E-state index contributed by atoms with van der Waals surface area (Å²) in [6.45, 7) is 2.05. The van der Waals surface area contributed by atoms with Crippen molar-refractivity contribution in [1.82, 2.24) is 0 Å². The Kier molecular flexibility index (Phi) is 2.49. The van der Waals surface area contributed by atoms with Crippen LogP contribution in [0.2, 0.25) is 0 Å². The van der Waals surface area contributed by atoms with Crippen molar-refractivity contribution in [3.05, 3.63) is 28.6 Å². The van der Waals surface area contributed by atoms with Crippen LogP contribution in [0, 0.1) is 18.3 Å². The summed E-state index contributed by atoms with van der Waals surface area (Å²) in [5.74, 6) is 0. The molecule has 1 nitrogen and oxygen atoms in total. The van der Waals surface area contributed by atoms with E-state index in [-0.39, 0.29) is 0 Å². The molecule has 0 aliphatic carbocycles. The molecule has 0 amide bonds. The maximum absolute atomic E-state index is 8.67. The van der Waals surface area contributed by atoms with Crippen LogP contribution in [0.3, 0.4) is 0 Å². The van der Waals surface area contributed by atoms with Crippen molar-refractivity contribution in [2.75, 3.05) is 0 Å². The van der Waals surface area contributed by atoms with Crippen molar-refractivity contribution in [3.63, 3.8) is 0 Å². The zero-order valence-corrected chi connectivity index (χ0v) is 9.45. The number of fused-ring (bicyclic) bond motifs is 1. The number of benzene rings is 1. The van der Waals surface area contributed by atoms with Crippen LogP contribution < -0.4 is 0 Å². The largest absolute Gasteiger partial charge is 0.198 e. The lowest BCUT2D eigenvalue weighted by Crippen LogP contribution is -1.86. The van der Waals surface area contributed by atoms with Gasteiger partial charge in [0.25, 0.3) is 0 Å². The van der Waals surface area contributed by atoms with Crippen molar-refractivity contribution in [1.29, 1.82) is 5.26 Å². The molecule has 0 spiro atoms. The standard InChI is InChI=1S/C11H9NS2/c1-7-4-11-9(10(13)6-14-11)5-8(7)2-3-12/h4-6,13H,2H2,1H3. The molecule has 0 aliphatic rings. The second-order valence-electron chi connectivity index (χ2n) is 3.23. The molecule has 2 aromatic rings. The predicted molar refractivity (Wildman–Crippen MR) is 63.1 cm³/mol. The van der Waals surface area contributed by atoms with E-state index < -0.39 is 0 Å². The monoisotopic (exact) mass is 219 g/mol. The minimum Gasteiger partial charge on any atom is -0.198 e. The van der Waals surface area contributed by atoms with Crippen molar-refractivity contribution >= 4 is 34.1 Å². The molecule has 0 saturated heterocycles. The van der Waals surface area contributed by atoms with Crippen molar-refractivity contribution in [2.45, 2.75) is 18.2 Å². The van der Waals surface area contributed by atoms with Crippen LogP contribution in [-0.2, 0) is 6.42 Å². The average molecular weight is 219 g/mol. The summed E-state index contributed by atoms with van der Waals surface area (Å²) in [6.07, 6.45) is 0.477. The molecule has 0 fully saturated rings. The Morgan fingerprint density at radius 3 is 3.00 bits per heavy atom. The molecule has 1 aromatic heterocycles. The molecule has 2 rings (SSSR count). The van der Waals surface area contributed by atoms with E-state index in [2.05, 4.69) is 30.8 Å². The lowest BCUT2D eigenvalue weighted by Gasteiger charge is -2.01. The summed E-state index contributed by atoms with van der Waals surface area (Å²) in [5.41, 5.74) is 2.29. The maximum Gasteiger partial charge on any atom is 0.0669 e. The number of aryl methyl sites for hydroxylation is 1. The minimum absolute atomic E-state index is 0.477. The van der Waals surface area contributed by atoms with E-state index >= 15 is 0 Å². The zero-order chi connectivity index (χ0) is 10.1. The van der Waals surface area contributed by atoms with Crippen LogP contribution >= 0.6 is 24.0 Å². The second-order valence-corrected chi connectivity index (χ2v) is 4.62. The number of nitriles is 1. The van der Waals surface area contributed by atoms with Gasteiger partial charge in [0.2, 0.25) is 0 Å². The highest BCUT2D eigenvalue weighted by atomic mass is 32.1. The number of rotatable bonds is 1. The van der Waals surface area contributed by atoms with Crippen LogP contribution in [0.1, 0.15) is 11.1 Å². The van der Waals surface area contributed by atoms with Gasteiger partial charge < -0.3 is 0 Å². The number of nitrogens with zero attached hydrogens (tertiary/aromatic N) is 1. The SMILES string of the molecule is Cc1cc2scc(S)c2cc1CC#N. The summed E-state index contributed by atoms with van der Waals surface area (Å²) in [6, 6.07) is 6.39. The molecule has 0 radical (unpaired) electrons. The second kappa shape index (κ2) is 3.64. The van der Waals surface area contributed by atoms with E-state index in [4.69, 9.17) is 5.26 Å². The summed E-state index contributed by atoms with van der Waals surface area (Å²) in [4.78, 5) is 1.00. The van der Waals surface area contributed by atoms with Gasteiger partial charge in [0.05, 0.1) is 12.5 Å². The first kappa shape index (κ1) is 9.57. The fourth-order valence-corrected chi connectivity index (χ4v) is 2.81. The molecule has 0 bridgehead atoms.